The summed E-state index contributed by atoms with van der Waals surface area (Å²) < 4.78 is 52.7. The second-order valence-electron chi connectivity index (χ2n) is 8.78. The Kier molecular flexibility index (Phi) is 6.80. The molecule has 0 atom stereocenters. The first-order valence-corrected chi connectivity index (χ1v) is 11.9. The average molecular weight is 514 g/mol. The number of H-pyrrole nitrogens is 1. The molecular formula is C22H27ClF3N7O2. The van der Waals surface area contributed by atoms with Gasteiger partial charge in [0.25, 0.3) is 0 Å². The highest BCUT2D eigenvalue weighted by atomic mass is 35.5. The Balaban J connectivity index is 1.36. The number of anilines is 3. The zero-order chi connectivity index (χ0) is 24.6. The first kappa shape index (κ1) is 24.2. The van der Waals surface area contributed by atoms with Crippen LogP contribution in [-0.4, -0.2) is 77.3 Å². The fraction of sp³-hybridized carbons (Fsp3) is 0.545. The molecule has 0 aromatic carbocycles. The van der Waals surface area contributed by atoms with Gasteiger partial charge in [0.1, 0.15) is 11.5 Å². The number of hydrogen-bond donors (Lipinski definition) is 3. The average Bonchev–Trinajstić information content (AvgIpc) is 3.38. The number of alkyl halides is 3. The van der Waals surface area contributed by atoms with Crippen molar-refractivity contribution in [3.8, 4) is 0 Å². The Morgan fingerprint density at radius 2 is 2.00 bits per heavy atom. The molecule has 190 valence electrons. The molecule has 35 heavy (non-hydrogen) atoms. The van der Waals surface area contributed by atoms with Crippen LogP contribution in [0.2, 0.25) is 5.15 Å². The van der Waals surface area contributed by atoms with E-state index in [1.807, 2.05) is 4.68 Å². The Bertz CT molecular complexity index is 1170. The van der Waals surface area contributed by atoms with Crippen LogP contribution in [0, 0.1) is 0 Å². The molecular weight excluding hydrogens is 487 g/mol. The van der Waals surface area contributed by atoms with Crippen molar-refractivity contribution in [1.29, 1.82) is 0 Å². The van der Waals surface area contributed by atoms with Crippen LogP contribution in [0.5, 0.6) is 0 Å². The van der Waals surface area contributed by atoms with Gasteiger partial charge >= 0.3 is 6.18 Å². The van der Waals surface area contributed by atoms with Crippen molar-refractivity contribution in [3.05, 3.63) is 29.2 Å². The van der Waals surface area contributed by atoms with Crippen LogP contribution in [0.25, 0.3) is 11.0 Å². The monoisotopic (exact) mass is 513 g/mol. The number of methoxy groups -OCH3 is 1. The summed E-state index contributed by atoms with van der Waals surface area (Å²) in [7, 11) is 1.53. The molecule has 5 heterocycles. The minimum absolute atomic E-state index is 0.0235. The predicted molar refractivity (Wildman–Crippen MR) is 126 cm³/mol. The smallest absolute Gasteiger partial charge is 0.383 e. The summed E-state index contributed by atoms with van der Waals surface area (Å²) in [6.45, 7) is 4.19. The van der Waals surface area contributed by atoms with Crippen LogP contribution in [0.1, 0.15) is 24.4 Å². The van der Waals surface area contributed by atoms with Crippen LogP contribution in [0.4, 0.5) is 30.4 Å². The molecule has 0 spiro atoms. The topological polar surface area (TPSA) is 92.3 Å². The normalized spacial score (nSPS) is 18.2. The molecule has 0 radical (unpaired) electrons. The van der Waals surface area contributed by atoms with E-state index in [9.17, 15) is 13.2 Å². The fourth-order valence-corrected chi connectivity index (χ4v) is 4.88. The number of ether oxygens (including phenoxy) is 2. The number of hydrogen-bond acceptors (Lipinski definition) is 7. The van der Waals surface area contributed by atoms with Crippen molar-refractivity contribution in [3.63, 3.8) is 0 Å². The van der Waals surface area contributed by atoms with E-state index >= 15 is 0 Å². The Morgan fingerprint density at radius 3 is 2.66 bits per heavy atom. The van der Waals surface area contributed by atoms with Gasteiger partial charge in [0.15, 0.2) is 5.15 Å². The third kappa shape index (κ3) is 4.92. The van der Waals surface area contributed by atoms with Crippen molar-refractivity contribution in [1.82, 2.24) is 24.6 Å². The zero-order valence-corrected chi connectivity index (χ0v) is 19.9. The van der Waals surface area contributed by atoms with E-state index in [4.69, 9.17) is 21.1 Å². The van der Waals surface area contributed by atoms with Crippen LogP contribution in [0.15, 0.2) is 18.5 Å². The molecule has 3 aromatic heterocycles. The van der Waals surface area contributed by atoms with Crippen molar-refractivity contribution >= 4 is 39.8 Å². The summed E-state index contributed by atoms with van der Waals surface area (Å²) in [5.41, 5.74) is 0.160. The molecule has 5 rings (SSSR count). The van der Waals surface area contributed by atoms with E-state index < -0.39 is 11.7 Å². The molecule has 2 saturated heterocycles. The van der Waals surface area contributed by atoms with Crippen molar-refractivity contribution in [2.75, 3.05) is 57.2 Å². The third-order valence-corrected chi connectivity index (χ3v) is 6.93. The maximum Gasteiger partial charge on any atom is 0.418 e. The highest BCUT2D eigenvalue weighted by Gasteiger charge is 2.35. The number of likely N-dealkylation sites (tertiary alicyclic amines) is 1. The van der Waals surface area contributed by atoms with Gasteiger partial charge in [-0.25, -0.2) is 9.67 Å². The summed E-state index contributed by atoms with van der Waals surface area (Å²) in [5.74, 6) is 0.342. The van der Waals surface area contributed by atoms with Crippen LogP contribution in [-0.2, 0) is 15.7 Å². The Hall–Kier alpha value is -2.54. The SMILES string of the molecule is COCCNc1cc(Nc2cnn(C3CCN(C4COC4)CC3)c2Cl)nc2[nH]cc(C(F)(F)F)c12. The number of aromatic nitrogens is 4. The van der Waals surface area contributed by atoms with Gasteiger partial charge in [-0.1, -0.05) is 11.6 Å². The van der Waals surface area contributed by atoms with Gasteiger partial charge in [0.05, 0.1) is 54.7 Å². The first-order chi connectivity index (χ1) is 16.8. The maximum atomic E-state index is 13.5. The molecule has 2 aliphatic heterocycles. The van der Waals surface area contributed by atoms with E-state index in [0.29, 0.717) is 41.5 Å². The van der Waals surface area contributed by atoms with Crippen molar-refractivity contribution in [2.45, 2.75) is 31.1 Å². The molecule has 13 heteroatoms. The second kappa shape index (κ2) is 9.84. The van der Waals surface area contributed by atoms with Gasteiger partial charge in [-0.2, -0.15) is 18.3 Å². The van der Waals surface area contributed by atoms with E-state index in [1.54, 1.807) is 6.20 Å². The lowest BCUT2D eigenvalue weighted by molar-refractivity contribution is -0.136. The Morgan fingerprint density at radius 1 is 1.23 bits per heavy atom. The molecule has 9 nitrogen and oxygen atoms in total. The summed E-state index contributed by atoms with van der Waals surface area (Å²) in [5, 5.41) is 11.0. The summed E-state index contributed by atoms with van der Waals surface area (Å²) >= 11 is 6.66. The van der Waals surface area contributed by atoms with Crippen LogP contribution in [0.3, 0.4) is 0 Å². The molecule has 2 fully saturated rings. The highest BCUT2D eigenvalue weighted by Crippen LogP contribution is 2.39. The molecule has 0 amide bonds. The molecule has 0 bridgehead atoms. The van der Waals surface area contributed by atoms with Crippen molar-refractivity contribution < 1.29 is 22.6 Å². The van der Waals surface area contributed by atoms with Crippen molar-refractivity contribution in [2.24, 2.45) is 0 Å². The number of nitrogens with one attached hydrogen (secondary N) is 3. The molecule has 0 aliphatic carbocycles. The lowest BCUT2D eigenvalue weighted by Gasteiger charge is -2.41. The first-order valence-electron chi connectivity index (χ1n) is 11.5. The predicted octanol–water partition coefficient (Wildman–Crippen LogP) is 4.27. The van der Waals surface area contributed by atoms with E-state index in [0.717, 1.165) is 45.3 Å². The number of halogens is 4. The Labute approximate surface area is 204 Å². The minimum atomic E-state index is -4.52. The van der Waals surface area contributed by atoms with E-state index in [1.165, 1.54) is 13.2 Å². The number of aromatic amines is 1. The number of rotatable bonds is 8. The molecule has 2 aliphatic rings. The van der Waals surface area contributed by atoms with Crippen LogP contribution >= 0.6 is 11.6 Å². The lowest BCUT2D eigenvalue weighted by Crippen LogP contribution is -2.51. The largest absolute Gasteiger partial charge is 0.418 e. The molecule has 3 aromatic rings. The highest BCUT2D eigenvalue weighted by molar-refractivity contribution is 6.32. The molecule has 0 unspecified atom stereocenters. The van der Waals surface area contributed by atoms with Gasteiger partial charge in [-0.15, -0.1) is 0 Å². The van der Waals surface area contributed by atoms with Gasteiger partial charge in [0, 0.05) is 44.7 Å². The number of fused-ring (bicyclic) bond motifs is 1. The number of piperidine rings is 1. The standard InChI is InChI=1S/C22H27ClF3N7O2/c1-34-7-4-27-16-8-18(31-21-19(16)15(9-28-21)22(24,25)26)30-17-10-29-33(20(17)23)13-2-5-32(6-3-13)14-11-35-12-14/h8-10,13-14H,2-7,11-12H2,1H3,(H3,27,28,30,31). The third-order valence-electron chi connectivity index (χ3n) is 6.55. The molecule has 3 N–H and O–H groups in total. The number of pyridine rings is 1. The minimum Gasteiger partial charge on any atom is -0.383 e. The van der Waals surface area contributed by atoms with Gasteiger partial charge in [0.2, 0.25) is 0 Å². The van der Waals surface area contributed by atoms with E-state index in [-0.39, 0.29) is 17.1 Å². The number of nitrogens with zero attached hydrogens (tertiary/aromatic N) is 4. The maximum absolute atomic E-state index is 13.5. The summed E-state index contributed by atoms with van der Waals surface area (Å²) in [6, 6.07) is 2.23. The fourth-order valence-electron chi connectivity index (χ4n) is 4.60. The van der Waals surface area contributed by atoms with Gasteiger partial charge in [-0.3, -0.25) is 4.90 Å². The molecule has 0 saturated carbocycles. The van der Waals surface area contributed by atoms with Gasteiger partial charge < -0.3 is 25.1 Å². The zero-order valence-electron chi connectivity index (χ0n) is 19.2. The summed E-state index contributed by atoms with van der Waals surface area (Å²) in [4.78, 5) is 9.43. The van der Waals surface area contributed by atoms with Crippen LogP contribution < -0.4 is 10.6 Å². The lowest BCUT2D eigenvalue weighted by atomic mass is 10.0. The van der Waals surface area contributed by atoms with Gasteiger partial charge in [-0.05, 0) is 12.8 Å². The summed E-state index contributed by atoms with van der Waals surface area (Å²) in [6.07, 6.45) is -0.113. The second-order valence-corrected chi connectivity index (χ2v) is 9.13. The van der Waals surface area contributed by atoms with E-state index in [2.05, 4.69) is 30.6 Å². The quantitative estimate of drug-likeness (QED) is 0.387.